The Hall–Kier alpha value is -3.58. The van der Waals surface area contributed by atoms with Gasteiger partial charge in [-0.25, -0.2) is 13.4 Å². The zero-order valence-corrected chi connectivity index (χ0v) is 23.5. The Morgan fingerprint density at radius 3 is 2.33 bits per heavy atom. The Balaban J connectivity index is 1.42. The highest BCUT2D eigenvalue weighted by molar-refractivity contribution is 7.91. The SMILES string of the molecule is CCS(=O)(=O)c1ccc(CNC(=O)c2ccc(N3CC(c4ccc(C(F)(F)F)cc4)C[C@H]3CCOC(F)F)nc2)cc1. The smallest absolute Gasteiger partial charge is 0.353 e. The Bertz CT molecular complexity index is 1450. The van der Waals surface area contributed by atoms with Crippen molar-refractivity contribution in [2.75, 3.05) is 23.8 Å². The van der Waals surface area contributed by atoms with Crippen LogP contribution in [0.1, 0.15) is 52.7 Å². The minimum absolute atomic E-state index is 0.0105. The highest BCUT2D eigenvalue weighted by atomic mass is 32.2. The molecule has 0 bridgehead atoms. The van der Waals surface area contributed by atoms with Crippen molar-refractivity contribution in [3.63, 3.8) is 0 Å². The maximum atomic E-state index is 13.0. The zero-order chi connectivity index (χ0) is 30.5. The first-order chi connectivity index (χ1) is 19.9. The van der Waals surface area contributed by atoms with E-state index in [9.17, 15) is 35.2 Å². The van der Waals surface area contributed by atoms with Crippen molar-refractivity contribution < 1.29 is 39.9 Å². The van der Waals surface area contributed by atoms with E-state index in [1.807, 2.05) is 4.90 Å². The summed E-state index contributed by atoms with van der Waals surface area (Å²) in [6, 6.07) is 14.1. The quantitative estimate of drug-likeness (QED) is 0.275. The summed E-state index contributed by atoms with van der Waals surface area (Å²) < 4.78 is 92.5. The van der Waals surface area contributed by atoms with E-state index in [1.54, 1.807) is 31.2 Å². The molecule has 1 amide bonds. The lowest BCUT2D eigenvalue weighted by molar-refractivity contribution is -0.137. The topological polar surface area (TPSA) is 88.6 Å². The van der Waals surface area contributed by atoms with Gasteiger partial charge in [0.1, 0.15) is 5.82 Å². The summed E-state index contributed by atoms with van der Waals surface area (Å²) in [5, 5.41) is 2.76. The van der Waals surface area contributed by atoms with Gasteiger partial charge in [-0.2, -0.15) is 22.0 Å². The van der Waals surface area contributed by atoms with E-state index in [2.05, 4.69) is 15.0 Å². The van der Waals surface area contributed by atoms with Crippen molar-refractivity contribution in [1.29, 1.82) is 0 Å². The van der Waals surface area contributed by atoms with Crippen molar-refractivity contribution in [2.24, 2.45) is 0 Å². The summed E-state index contributed by atoms with van der Waals surface area (Å²) in [5.74, 6) is -0.0722. The molecule has 1 saturated heterocycles. The third-order valence-corrected chi connectivity index (χ3v) is 8.99. The number of anilines is 1. The van der Waals surface area contributed by atoms with Crippen LogP contribution in [0.25, 0.3) is 0 Å². The maximum absolute atomic E-state index is 13.0. The Morgan fingerprint density at radius 2 is 1.76 bits per heavy atom. The fourth-order valence-corrected chi connectivity index (χ4v) is 5.79. The molecular weight excluding hydrogens is 581 g/mol. The van der Waals surface area contributed by atoms with E-state index in [-0.39, 0.29) is 47.7 Å². The maximum Gasteiger partial charge on any atom is 0.416 e. The second kappa shape index (κ2) is 13.2. The number of alkyl halides is 5. The lowest BCUT2D eigenvalue weighted by atomic mass is 9.94. The molecule has 1 aromatic heterocycles. The molecule has 1 unspecified atom stereocenters. The number of pyridine rings is 1. The number of rotatable bonds is 11. The molecule has 42 heavy (non-hydrogen) atoms. The van der Waals surface area contributed by atoms with Crippen molar-refractivity contribution >= 4 is 21.6 Å². The van der Waals surface area contributed by atoms with Crippen molar-refractivity contribution in [2.45, 2.75) is 56.0 Å². The molecule has 3 aromatic rings. The Labute approximate surface area is 240 Å². The molecule has 2 heterocycles. The van der Waals surface area contributed by atoms with Crippen LogP contribution in [-0.4, -0.2) is 50.9 Å². The van der Waals surface area contributed by atoms with Gasteiger partial charge in [0.2, 0.25) is 0 Å². The number of halogens is 5. The van der Waals surface area contributed by atoms with Crippen LogP contribution in [0.5, 0.6) is 0 Å². The molecule has 13 heteroatoms. The summed E-state index contributed by atoms with van der Waals surface area (Å²) >= 11 is 0. The highest BCUT2D eigenvalue weighted by Gasteiger charge is 2.35. The second-order valence-electron chi connectivity index (χ2n) is 9.91. The van der Waals surface area contributed by atoms with Gasteiger partial charge in [-0.15, -0.1) is 0 Å². The predicted molar refractivity (Wildman–Crippen MR) is 146 cm³/mol. The molecule has 2 atom stereocenters. The van der Waals surface area contributed by atoms with E-state index < -0.39 is 34.1 Å². The van der Waals surface area contributed by atoms with Gasteiger partial charge in [-0.1, -0.05) is 31.2 Å². The predicted octanol–water partition coefficient (Wildman–Crippen LogP) is 5.82. The Kier molecular flexibility index (Phi) is 9.82. The molecule has 1 aliphatic heterocycles. The molecule has 0 radical (unpaired) electrons. The van der Waals surface area contributed by atoms with Gasteiger partial charge < -0.3 is 15.0 Å². The number of nitrogens with one attached hydrogen (secondary N) is 1. The van der Waals surface area contributed by atoms with Gasteiger partial charge in [0, 0.05) is 31.2 Å². The third-order valence-electron chi connectivity index (χ3n) is 7.24. The number of carbonyl (C=O) groups excluding carboxylic acids is 1. The van der Waals surface area contributed by atoms with E-state index in [1.165, 1.54) is 30.5 Å². The van der Waals surface area contributed by atoms with E-state index in [4.69, 9.17) is 0 Å². The van der Waals surface area contributed by atoms with Crippen LogP contribution in [0.15, 0.2) is 71.8 Å². The number of amides is 1. The fourth-order valence-electron chi connectivity index (χ4n) is 4.91. The molecule has 1 N–H and O–H groups in total. The number of aromatic nitrogens is 1. The van der Waals surface area contributed by atoms with E-state index in [0.29, 0.717) is 29.9 Å². The molecule has 4 rings (SSSR count). The van der Waals surface area contributed by atoms with Gasteiger partial charge >= 0.3 is 12.8 Å². The third kappa shape index (κ3) is 7.82. The van der Waals surface area contributed by atoms with Crippen LogP contribution in [-0.2, 0) is 27.3 Å². The molecule has 226 valence electrons. The van der Waals surface area contributed by atoms with Gasteiger partial charge in [0.15, 0.2) is 9.84 Å². The first-order valence-corrected chi connectivity index (χ1v) is 14.9. The average molecular weight is 612 g/mol. The summed E-state index contributed by atoms with van der Waals surface area (Å²) in [5.41, 5.74) is 0.935. The van der Waals surface area contributed by atoms with Crippen molar-refractivity contribution in [1.82, 2.24) is 10.3 Å². The monoisotopic (exact) mass is 611 g/mol. The van der Waals surface area contributed by atoms with Crippen LogP contribution in [0.4, 0.5) is 27.8 Å². The molecule has 0 saturated carbocycles. The molecule has 1 aliphatic rings. The molecule has 1 fully saturated rings. The van der Waals surface area contributed by atoms with Gasteiger partial charge in [0.25, 0.3) is 5.91 Å². The molecule has 7 nitrogen and oxygen atoms in total. The van der Waals surface area contributed by atoms with Crippen LogP contribution in [0.2, 0.25) is 0 Å². The summed E-state index contributed by atoms with van der Waals surface area (Å²) in [4.78, 5) is 19.2. The Morgan fingerprint density at radius 1 is 1.07 bits per heavy atom. The normalized spacial score (nSPS) is 17.5. The number of carbonyl (C=O) groups is 1. The van der Waals surface area contributed by atoms with Crippen LogP contribution in [0, 0.1) is 0 Å². The summed E-state index contributed by atoms with van der Waals surface area (Å²) in [7, 11) is -3.32. The molecule has 0 aliphatic carbocycles. The zero-order valence-electron chi connectivity index (χ0n) is 22.7. The van der Waals surface area contributed by atoms with Gasteiger partial charge in [0.05, 0.1) is 28.4 Å². The minimum atomic E-state index is -4.45. The largest absolute Gasteiger partial charge is 0.416 e. The minimum Gasteiger partial charge on any atom is -0.353 e. The standard InChI is InChI=1S/C29H30F5N3O4S/c1-2-42(39,40)25-10-3-19(4-11-25)16-36-27(38)21-7-12-26(35-17-21)37-18-22(15-24(37)13-14-41-28(30)31)20-5-8-23(9-6-20)29(32,33)34/h3-12,17,22,24,28H,2,13-16,18H2,1H3,(H,36,38)/t22?,24-/m1/s1. The average Bonchev–Trinajstić information content (AvgIpc) is 3.39. The van der Waals surface area contributed by atoms with Gasteiger partial charge in [-0.3, -0.25) is 4.79 Å². The van der Waals surface area contributed by atoms with Crippen LogP contribution in [0.3, 0.4) is 0 Å². The molecular formula is C29H30F5N3O4S. The van der Waals surface area contributed by atoms with Crippen molar-refractivity contribution in [3.05, 3.63) is 89.1 Å². The number of ether oxygens (including phenoxy) is 1. The van der Waals surface area contributed by atoms with Crippen LogP contribution >= 0.6 is 0 Å². The number of hydrogen-bond acceptors (Lipinski definition) is 6. The fraction of sp³-hybridized carbons (Fsp3) is 0.379. The first-order valence-electron chi connectivity index (χ1n) is 13.3. The number of sulfone groups is 1. The number of benzene rings is 2. The van der Waals surface area contributed by atoms with Gasteiger partial charge in [-0.05, 0) is 60.4 Å². The number of nitrogens with zero attached hydrogens (tertiary/aromatic N) is 2. The summed E-state index contributed by atoms with van der Waals surface area (Å²) in [6.45, 7) is -0.993. The summed E-state index contributed by atoms with van der Waals surface area (Å²) in [6.07, 6.45) is -2.31. The van der Waals surface area contributed by atoms with E-state index >= 15 is 0 Å². The number of hydrogen-bond donors (Lipinski definition) is 1. The molecule has 0 spiro atoms. The van der Waals surface area contributed by atoms with Crippen molar-refractivity contribution in [3.8, 4) is 0 Å². The second-order valence-corrected chi connectivity index (χ2v) is 12.2. The lowest BCUT2D eigenvalue weighted by Crippen LogP contribution is -2.31. The van der Waals surface area contributed by atoms with E-state index in [0.717, 1.165) is 12.1 Å². The lowest BCUT2D eigenvalue weighted by Gasteiger charge is -2.25. The highest BCUT2D eigenvalue weighted by Crippen LogP contribution is 2.37. The van der Waals surface area contributed by atoms with Crippen LogP contribution < -0.4 is 10.2 Å². The first kappa shape index (κ1) is 31.4. The molecule has 2 aromatic carbocycles.